The first-order valence-corrected chi connectivity index (χ1v) is 18.3. The molecule has 4 aromatic carbocycles. The van der Waals surface area contributed by atoms with Crippen molar-refractivity contribution in [2.24, 2.45) is 0 Å². The molecule has 0 heterocycles. The first kappa shape index (κ1) is 26.3. The Balaban J connectivity index is 0.000000171. The molecule has 0 N–H and O–H groups in total. The topological polar surface area (TPSA) is 0 Å². The quantitative estimate of drug-likeness (QED) is 0.200. The zero-order valence-corrected chi connectivity index (χ0v) is 25.4. The van der Waals surface area contributed by atoms with Crippen LogP contribution in [0.2, 0.25) is 0 Å². The molecule has 0 saturated heterocycles. The van der Waals surface area contributed by atoms with E-state index in [1.165, 1.54) is 22.3 Å². The van der Waals surface area contributed by atoms with Gasteiger partial charge in [0.15, 0.2) is 0 Å². The van der Waals surface area contributed by atoms with Gasteiger partial charge in [0.05, 0.1) is 0 Å². The molecule has 0 nitrogen and oxygen atoms in total. The van der Waals surface area contributed by atoms with Crippen molar-refractivity contribution in [1.82, 2.24) is 0 Å². The molecule has 37 heavy (non-hydrogen) atoms. The van der Waals surface area contributed by atoms with Crippen molar-refractivity contribution in [1.29, 1.82) is 0 Å². The van der Waals surface area contributed by atoms with Gasteiger partial charge in [-0.2, -0.15) is 0 Å². The second-order valence-electron chi connectivity index (χ2n) is 10.1. The summed E-state index contributed by atoms with van der Waals surface area (Å²) in [5.74, 6) is 0. The van der Waals surface area contributed by atoms with Gasteiger partial charge in [-0.15, -0.1) is 0 Å². The van der Waals surface area contributed by atoms with Crippen LogP contribution < -0.4 is 0 Å². The number of aryl methyl sites for hydroxylation is 2. The summed E-state index contributed by atoms with van der Waals surface area (Å²) in [6.07, 6.45) is 7.19. The molecule has 0 aromatic heterocycles. The maximum absolute atomic E-state index is 2.51. The van der Waals surface area contributed by atoms with Gasteiger partial charge in [-0.25, -0.2) is 0 Å². The molecule has 0 saturated carbocycles. The third-order valence-corrected chi connectivity index (χ3v) is 14.4. The van der Waals surface area contributed by atoms with Gasteiger partial charge in [-0.05, 0) is 24.0 Å². The van der Waals surface area contributed by atoms with Gasteiger partial charge in [0.1, 0.15) is 0 Å². The fourth-order valence-electron chi connectivity index (χ4n) is 5.31. The van der Waals surface area contributed by atoms with E-state index in [1.54, 1.807) is 22.0 Å². The SMILES string of the molecule is CC1=Cc2ccccc2[CH]1[Zr][CH]1C(P(C)C)=Cc2ccccc21.c1ccc(CCc2ccccc2)cc1. The van der Waals surface area contributed by atoms with Crippen LogP contribution in [0.1, 0.15) is 47.6 Å². The second kappa shape index (κ2) is 12.5. The van der Waals surface area contributed by atoms with Crippen molar-refractivity contribution >= 4 is 20.1 Å². The molecular formula is C35H35PZr. The minimum atomic E-state index is -0.652. The van der Waals surface area contributed by atoms with E-state index in [9.17, 15) is 0 Å². The maximum atomic E-state index is 2.51. The molecule has 2 aliphatic rings. The predicted octanol–water partition coefficient (Wildman–Crippen LogP) is 9.54. The van der Waals surface area contributed by atoms with Gasteiger partial charge in [0, 0.05) is 0 Å². The van der Waals surface area contributed by atoms with Crippen molar-refractivity contribution in [3.05, 3.63) is 153 Å². The van der Waals surface area contributed by atoms with E-state index in [2.05, 4.69) is 142 Å². The molecule has 0 aliphatic heterocycles. The van der Waals surface area contributed by atoms with Crippen LogP contribution in [0.15, 0.2) is 120 Å². The number of benzene rings is 4. The summed E-state index contributed by atoms with van der Waals surface area (Å²) in [5, 5.41) is 1.74. The zero-order chi connectivity index (χ0) is 25.6. The van der Waals surface area contributed by atoms with Gasteiger partial charge >= 0.3 is 152 Å². The largest absolute Gasteiger partial charge is 0.0622 e. The molecule has 184 valence electrons. The van der Waals surface area contributed by atoms with Crippen molar-refractivity contribution in [3.8, 4) is 0 Å². The van der Waals surface area contributed by atoms with Crippen LogP contribution in [0.4, 0.5) is 0 Å². The first-order chi connectivity index (χ1) is 18.1. The number of allylic oxidation sites excluding steroid dienone is 2. The minimum absolute atomic E-state index is 0.00487. The Morgan fingerprint density at radius 3 is 1.57 bits per heavy atom. The number of fused-ring (bicyclic) bond motifs is 2. The van der Waals surface area contributed by atoms with Gasteiger partial charge in [0.2, 0.25) is 0 Å². The maximum Gasteiger partial charge on any atom is -0.0238 e. The number of rotatable bonds is 6. The van der Waals surface area contributed by atoms with E-state index in [1.807, 2.05) is 0 Å². The summed E-state index contributed by atoms with van der Waals surface area (Å²) in [6, 6.07) is 39.4. The standard InChI is InChI=1S/C14H14.C11H12P.C10H9.Zr/c1-3-7-13(8-4-1)11-12-14-9-5-2-6-10-14;1-12(2)11-7-9-5-3-4-6-10(9)8-11;1-8-6-9-4-2-3-5-10(9)7-8;/h1-10H,11-12H2;3-8H,1-2H3;2-7H,1H3;. The zero-order valence-electron chi connectivity index (χ0n) is 22.1. The summed E-state index contributed by atoms with van der Waals surface area (Å²) < 4.78 is 1.50. The molecule has 0 radical (unpaired) electrons. The predicted molar refractivity (Wildman–Crippen MR) is 159 cm³/mol. The Labute approximate surface area is 235 Å². The monoisotopic (exact) mass is 576 g/mol. The second-order valence-corrected chi connectivity index (χ2v) is 16.1. The molecule has 6 rings (SSSR count). The first-order valence-electron chi connectivity index (χ1n) is 13.2. The van der Waals surface area contributed by atoms with Crippen LogP contribution in [0, 0.1) is 0 Å². The molecule has 0 spiro atoms. The van der Waals surface area contributed by atoms with Crippen LogP contribution in [-0.4, -0.2) is 13.3 Å². The van der Waals surface area contributed by atoms with E-state index in [0.717, 1.165) is 20.1 Å². The van der Waals surface area contributed by atoms with Crippen LogP contribution in [-0.2, 0) is 36.1 Å². The molecule has 2 heteroatoms. The summed E-state index contributed by atoms with van der Waals surface area (Å²) in [7, 11) is -0.00487. The number of hydrogen-bond donors (Lipinski definition) is 0. The van der Waals surface area contributed by atoms with Crippen molar-refractivity contribution in [3.63, 3.8) is 0 Å². The van der Waals surface area contributed by atoms with E-state index in [0.29, 0.717) is 0 Å². The Morgan fingerprint density at radius 1 is 0.568 bits per heavy atom. The molecule has 0 fully saturated rings. The Bertz CT molecular complexity index is 1350. The molecule has 0 bridgehead atoms. The van der Waals surface area contributed by atoms with E-state index in [4.69, 9.17) is 0 Å². The molecule has 4 aromatic rings. The van der Waals surface area contributed by atoms with Crippen LogP contribution in [0.3, 0.4) is 0 Å². The van der Waals surface area contributed by atoms with E-state index >= 15 is 0 Å². The van der Waals surface area contributed by atoms with Gasteiger partial charge in [0.25, 0.3) is 0 Å². The normalized spacial score (nSPS) is 17.3. The molecular weight excluding hydrogens is 543 g/mol. The molecule has 2 aliphatic carbocycles. The summed E-state index contributed by atoms with van der Waals surface area (Å²) in [5.41, 5.74) is 10.6. The Morgan fingerprint density at radius 2 is 1.03 bits per heavy atom. The number of hydrogen-bond acceptors (Lipinski definition) is 0. The summed E-state index contributed by atoms with van der Waals surface area (Å²) in [6.45, 7) is 7.19. The smallest absolute Gasteiger partial charge is 0.0238 e. The Hall–Kier alpha value is -2.33. The fourth-order valence-corrected chi connectivity index (χ4v) is 13.2. The van der Waals surface area contributed by atoms with Crippen molar-refractivity contribution in [2.75, 3.05) is 13.3 Å². The van der Waals surface area contributed by atoms with Crippen LogP contribution in [0.5, 0.6) is 0 Å². The van der Waals surface area contributed by atoms with Crippen LogP contribution in [0.25, 0.3) is 12.2 Å². The average molecular weight is 578 g/mol. The van der Waals surface area contributed by atoms with Crippen LogP contribution >= 0.6 is 7.92 Å². The molecule has 0 amide bonds. The summed E-state index contributed by atoms with van der Waals surface area (Å²) >= 11 is -0.652. The van der Waals surface area contributed by atoms with E-state index < -0.39 is 23.2 Å². The fraction of sp³-hybridized carbons (Fsp3) is 0.200. The van der Waals surface area contributed by atoms with Gasteiger partial charge in [-0.1, -0.05) is 60.7 Å². The van der Waals surface area contributed by atoms with E-state index in [-0.39, 0.29) is 7.92 Å². The van der Waals surface area contributed by atoms with Gasteiger partial charge < -0.3 is 0 Å². The molecule has 2 atom stereocenters. The van der Waals surface area contributed by atoms with Crippen molar-refractivity contribution in [2.45, 2.75) is 27.0 Å². The van der Waals surface area contributed by atoms with Gasteiger partial charge in [-0.3, -0.25) is 0 Å². The molecule has 2 unspecified atom stereocenters. The summed E-state index contributed by atoms with van der Waals surface area (Å²) in [4.78, 5) is 0. The minimum Gasteiger partial charge on any atom is -0.0622 e. The Kier molecular flexibility index (Phi) is 8.87. The third kappa shape index (κ3) is 6.40. The van der Waals surface area contributed by atoms with Crippen molar-refractivity contribution < 1.29 is 23.2 Å². The third-order valence-electron chi connectivity index (χ3n) is 7.29. The average Bonchev–Trinajstić information content (AvgIpc) is 3.47.